The number of ether oxygens (including phenoxy) is 2. The molecular formula is C28H29NO4. The van der Waals surface area contributed by atoms with Gasteiger partial charge in [0.25, 0.3) is 0 Å². The van der Waals surface area contributed by atoms with Crippen molar-refractivity contribution < 1.29 is 18.8 Å². The fourth-order valence-corrected chi connectivity index (χ4v) is 4.14. The molecule has 5 heteroatoms. The molecule has 33 heavy (non-hydrogen) atoms. The topological polar surface area (TPSA) is 61.6 Å². The number of benzene rings is 3. The molecule has 3 aromatic carbocycles. The molecule has 0 saturated carbocycles. The first kappa shape index (κ1) is 22.6. The number of methoxy groups -OCH3 is 1. The molecule has 4 aromatic rings. The molecule has 0 aliphatic carbocycles. The van der Waals surface area contributed by atoms with Gasteiger partial charge in [-0.05, 0) is 30.5 Å². The smallest absolute Gasteiger partial charge is 0.310 e. The van der Waals surface area contributed by atoms with E-state index in [4.69, 9.17) is 14.0 Å². The molecule has 0 saturated heterocycles. The summed E-state index contributed by atoms with van der Waals surface area (Å²) in [5.74, 6) is 1.16. The van der Waals surface area contributed by atoms with Crippen molar-refractivity contribution in [2.45, 2.75) is 46.0 Å². The summed E-state index contributed by atoms with van der Waals surface area (Å²) in [7, 11) is 1.40. The van der Waals surface area contributed by atoms with Crippen LogP contribution in [0, 0.1) is 0 Å². The van der Waals surface area contributed by atoms with Crippen LogP contribution in [0.15, 0.2) is 65.2 Å². The molecule has 0 aliphatic rings. The van der Waals surface area contributed by atoms with E-state index < -0.39 is 0 Å². The van der Waals surface area contributed by atoms with E-state index in [-0.39, 0.29) is 12.4 Å². The first-order valence-corrected chi connectivity index (χ1v) is 11.5. The number of nitrogens with zero attached hydrogens (tertiary/aromatic N) is 1. The Morgan fingerprint density at radius 3 is 2.39 bits per heavy atom. The van der Waals surface area contributed by atoms with Crippen LogP contribution in [0.5, 0.6) is 11.5 Å². The van der Waals surface area contributed by atoms with Gasteiger partial charge in [-0.25, -0.2) is 0 Å². The molecule has 0 radical (unpaired) electrons. The number of aryl methyl sites for hydroxylation is 2. The third-order valence-electron chi connectivity index (χ3n) is 5.70. The van der Waals surface area contributed by atoms with E-state index in [1.54, 1.807) is 0 Å². The first-order chi connectivity index (χ1) is 16.2. The summed E-state index contributed by atoms with van der Waals surface area (Å²) >= 11 is 0. The van der Waals surface area contributed by atoms with Crippen molar-refractivity contribution in [3.8, 4) is 22.8 Å². The van der Waals surface area contributed by atoms with Crippen molar-refractivity contribution in [1.29, 1.82) is 0 Å². The lowest BCUT2D eigenvalue weighted by Gasteiger charge is -2.18. The van der Waals surface area contributed by atoms with E-state index in [9.17, 15) is 4.79 Å². The van der Waals surface area contributed by atoms with Gasteiger partial charge in [0.2, 0.25) is 0 Å². The van der Waals surface area contributed by atoms with Gasteiger partial charge in [0.05, 0.1) is 18.9 Å². The Kier molecular flexibility index (Phi) is 7.08. The number of rotatable bonds is 9. The van der Waals surface area contributed by atoms with Gasteiger partial charge >= 0.3 is 5.97 Å². The average molecular weight is 444 g/mol. The second-order valence-corrected chi connectivity index (χ2v) is 8.08. The van der Waals surface area contributed by atoms with E-state index in [1.165, 1.54) is 7.11 Å². The molecule has 170 valence electrons. The molecule has 0 unspecified atom stereocenters. The Morgan fingerprint density at radius 2 is 1.67 bits per heavy atom. The van der Waals surface area contributed by atoms with E-state index in [1.807, 2.05) is 54.6 Å². The Hall–Kier alpha value is -3.60. The van der Waals surface area contributed by atoms with Crippen molar-refractivity contribution >= 4 is 16.9 Å². The predicted molar refractivity (Wildman–Crippen MR) is 130 cm³/mol. The fourth-order valence-electron chi connectivity index (χ4n) is 4.14. The zero-order valence-corrected chi connectivity index (χ0v) is 19.4. The van der Waals surface area contributed by atoms with Gasteiger partial charge in [-0.15, -0.1) is 0 Å². The molecule has 5 nitrogen and oxygen atoms in total. The van der Waals surface area contributed by atoms with Gasteiger partial charge in [0, 0.05) is 16.7 Å². The lowest BCUT2D eigenvalue weighted by atomic mass is 9.96. The number of carbonyl (C=O) groups is 1. The highest BCUT2D eigenvalue weighted by molar-refractivity contribution is 5.95. The summed E-state index contributed by atoms with van der Waals surface area (Å²) in [6.45, 7) is 4.30. The fraction of sp³-hybridized carbons (Fsp3) is 0.286. The van der Waals surface area contributed by atoms with Crippen LogP contribution >= 0.6 is 0 Å². The minimum absolute atomic E-state index is 0.154. The van der Waals surface area contributed by atoms with Gasteiger partial charge in [-0.3, -0.25) is 4.79 Å². The normalized spacial score (nSPS) is 11.0. The molecule has 1 heterocycles. The maximum absolute atomic E-state index is 11.9. The quantitative estimate of drug-likeness (QED) is 0.263. The minimum Gasteiger partial charge on any atom is -0.469 e. The van der Waals surface area contributed by atoms with E-state index >= 15 is 0 Å². The number of hydrogen-bond acceptors (Lipinski definition) is 5. The third-order valence-corrected chi connectivity index (χ3v) is 5.70. The molecule has 0 amide bonds. The number of hydrogen-bond donors (Lipinski definition) is 0. The standard InChI is InChI=1S/C28H29NO4/c1-4-11-21-17-23-26(19-13-7-6-8-14-19)29-33-28(23)22(12-5-2)27(21)32-24-16-10-9-15-20(24)18-25(30)31-3/h6-10,13-17H,4-5,11-12,18H2,1-3H3. The van der Waals surface area contributed by atoms with Gasteiger partial charge in [0.15, 0.2) is 5.58 Å². The molecule has 0 N–H and O–H groups in total. The average Bonchev–Trinajstić information content (AvgIpc) is 3.26. The van der Waals surface area contributed by atoms with E-state index in [0.717, 1.165) is 70.3 Å². The van der Waals surface area contributed by atoms with Crippen LogP contribution in [0.25, 0.3) is 22.2 Å². The zero-order valence-electron chi connectivity index (χ0n) is 19.4. The predicted octanol–water partition coefficient (Wildman–Crippen LogP) is 6.91. The van der Waals surface area contributed by atoms with Crippen molar-refractivity contribution in [3.05, 3.63) is 77.4 Å². The summed E-state index contributed by atoms with van der Waals surface area (Å²) < 4.78 is 17.3. The van der Waals surface area contributed by atoms with E-state index in [0.29, 0.717) is 5.75 Å². The lowest BCUT2D eigenvalue weighted by molar-refractivity contribution is -0.139. The molecule has 4 rings (SSSR count). The summed E-state index contributed by atoms with van der Waals surface area (Å²) in [6.07, 6.45) is 3.73. The maximum atomic E-state index is 11.9. The minimum atomic E-state index is -0.299. The van der Waals surface area contributed by atoms with Crippen LogP contribution in [-0.4, -0.2) is 18.2 Å². The Bertz CT molecular complexity index is 1240. The summed E-state index contributed by atoms with van der Waals surface area (Å²) in [5, 5.41) is 5.44. The Morgan fingerprint density at radius 1 is 0.939 bits per heavy atom. The lowest BCUT2D eigenvalue weighted by Crippen LogP contribution is -2.06. The molecule has 1 aromatic heterocycles. The van der Waals surface area contributed by atoms with Gasteiger partial charge in [-0.1, -0.05) is 80.4 Å². The molecule has 0 atom stereocenters. The van der Waals surface area contributed by atoms with Crippen LogP contribution < -0.4 is 4.74 Å². The third kappa shape index (κ3) is 4.77. The van der Waals surface area contributed by atoms with Crippen molar-refractivity contribution in [2.75, 3.05) is 7.11 Å². The zero-order chi connectivity index (χ0) is 23.2. The molecule has 0 bridgehead atoms. The van der Waals surface area contributed by atoms with Crippen molar-refractivity contribution in [2.24, 2.45) is 0 Å². The highest BCUT2D eigenvalue weighted by Crippen LogP contribution is 2.41. The van der Waals surface area contributed by atoms with Gasteiger partial charge < -0.3 is 14.0 Å². The van der Waals surface area contributed by atoms with Crippen LogP contribution in [0.4, 0.5) is 0 Å². The Labute approximate surface area is 194 Å². The van der Waals surface area contributed by atoms with Gasteiger partial charge in [-0.2, -0.15) is 0 Å². The number of aromatic nitrogens is 1. The van der Waals surface area contributed by atoms with Crippen LogP contribution in [0.2, 0.25) is 0 Å². The highest BCUT2D eigenvalue weighted by atomic mass is 16.5. The number of esters is 1. The Balaban J connectivity index is 1.87. The van der Waals surface area contributed by atoms with Crippen molar-refractivity contribution in [3.63, 3.8) is 0 Å². The SMILES string of the molecule is CCCc1cc2c(-c3ccccc3)noc2c(CCC)c1Oc1ccccc1CC(=O)OC. The number of fused-ring (bicyclic) bond motifs is 1. The number of para-hydroxylation sites is 1. The molecule has 0 fully saturated rings. The van der Waals surface area contributed by atoms with Gasteiger partial charge in [0.1, 0.15) is 17.2 Å². The largest absolute Gasteiger partial charge is 0.469 e. The van der Waals surface area contributed by atoms with Crippen molar-refractivity contribution in [1.82, 2.24) is 5.16 Å². The summed E-state index contributed by atoms with van der Waals surface area (Å²) in [6, 6.07) is 19.8. The second-order valence-electron chi connectivity index (χ2n) is 8.08. The monoisotopic (exact) mass is 443 g/mol. The van der Waals surface area contributed by atoms with Crippen LogP contribution in [0.3, 0.4) is 0 Å². The number of carbonyl (C=O) groups excluding carboxylic acids is 1. The molecule has 0 aliphatic heterocycles. The second kappa shape index (κ2) is 10.3. The summed E-state index contributed by atoms with van der Waals surface area (Å²) in [4.78, 5) is 11.9. The van der Waals surface area contributed by atoms with E-state index in [2.05, 4.69) is 25.1 Å². The van der Waals surface area contributed by atoms with Crippen LogP contribution in [0.1, 0.15) is 43.4 Å². The maximum Gasteiger partial charge on any atom is 0.310 e. The first-order valence-electron chi connectivity index (χ1n) is 11.5. The van der Waals surface area contributed by atoms with Crippen LogP contribution in [-0.2, 0) is 28.8 Å². The molecular weight excluding hydrogens is 414 g/mol. The highest BCUT2D eigenvalue weighted by Gasteiger charge is 2.22. The molecule has 0 spiro atoms. The summed E-state index contributed by atoms with van der Waals surface area (Å²) in [5.41, 5.74) is 5.55.